The summed E-state index contributed by atoms with van der Waals surface area (Å²) in [5.74, 6) is 2.04. The van der Waals surface area contributed by atoms with Gasteiger partial charge in [0.05, 0.1) is 0 Å². The number of likely N-dealkylation sites (tertiary alicyclic amines) is 1. The zero-order valence-electron chi connectivity index (χ0n) is 16.6. The van der Waals surface area contributed by atoms with Gasteiger partial charge in [-0.05, 0) is 49.8 Å². The second-order valence-electron chi connectivity index (χ2n) is 7.53. The van der Waals surface area contributed by atoms with E-state index in [0.29, 0.717) is 0 Å². The van der Waals surface area contributed by atoms with E-state index in [9.17, 15) is 4.79 Å². The molecule has 5 nitrogen and oxygen atoms in total. The number of nitrogens with zero attached hydrogens (tertiary/aromatic N) is 4. The first kappa shape index (κ1) is 19.2. The Morgan fingerprint density at radius 2 is 1.68 bits per heavy atom. The van der Waals surface area contributed by atoms with Gasteiger partial charge in [0.15, 0.2) is 5.16 Å². The van der Waals surface area contributed by atoms with Crippen molar-refractivity contribution in [3.05, 3.63) is 47.2 Å². The van der Waals surface area contributed by atoms with Gasteiger partial charge in [-0.2, -0.15) is 0 Å². The van der Waals surface area contributed by atoms with Gasteiger partial charge in [-0.3, -0.25) is 4.79 Å². The minimum atomic E-state index is 0.158. The average Bonchev–Trinajstić information content (AvgIpc) is 3.46. The molecule has 0 aliphatic carbocycles. The van der Waals surface area contributed by atoms with Crippen molar-refractivity contribution in [2.75, 3.05) is 31.1 Å². The highest BCUT2D eigenvalue weighted by atomic mass is 32.2. The molecule has 2 aliphatic rings. The van der Waals surface area contributed by atoms with Gasteiger partial charge in [0.2, 0.25) is 0 Å². The summed E-state index contributed by atoms with van der Waals surface area (Å²) in [5, 5.41) is 0.846. The number of hydrogen-bond donors (Lipinski definition) is 0. The summed E-state index contributed by atoms with van der Waals surface area (Å²) in [4.78, 5) is 26.3. The topological polar surface area (TPSA) is 49.3 Å². The normalized spacial score (nSPS) is 16.8. The van der Waals surface area contributed by atoms with Crippen LogP contribution in [0.2, 0.25) is 0 Å². The van der Waals surface area contributed by atoms with E-state index in [2.05, 4.69) is 30.0 Å². The first-order chi connectivity index (χ1) is 13.7. The quantitative estimate of drug-likeness (QED) is 0.542. The lowest BCUT2D eigenvalue weighted by atomic mass is 10.1. The molecule has 1 aromatic heterocycles. The van der Waals surface area contributed by atoms with Crippen LogP contribution in [0.5, 0.6) is 0 Å². The van der Waals surface area contributed by atoms with Crippen molar-refractivity contribution >= 4 is 23.5 Å². The SMILES string of the molecule is CCc1cc(N2CCCC2)nc(SCc2ccc(C(=O)N3CCCC3)cc2)n1. The van der Waals surface area contributed by atoms with Crippen LogP contribution < -0.4 is 4.90 Å². The molecule has 0 atom stereocenters. The number of benzene rings is 1. The number of thioether (sulfide) groups is 1. The smallest absolute Gasteiger partial charge is 0.253 e. The van der Waals surface area contributed by atoms with Crippen LogP contribution in [0, 0.1) is 0 Å². The fourth-order valence-corrected chi connectivity index (χ4v) is 4.64. The highest BCUT2D eigenvalue weighted by molar-refractivity contribution is 7.98. The van der Waals surface area contributed by atoms with Crippen molar-refractivity contribution in [2.24, 2.45) is 0 Å². The molecule has 2 aliphatic heterocycles. The molecule has 1 aromatic carbocycles. The number of anilines is 1. The highest BCUT2D eigenvalue weighted by Gasteiger charge is 2.19. The van der Waals surface area contributed by atoms with Gasteiger partial charge >= 0.3 is 0 Å². The van der Waals surface area contributed by atoms with E-state index < -0.39 is 0 Å². The molecule has 28 heavy (non-hydrogen) atoms. The Bertz CT molecular complexity index is 812. The van der Waals surface area contributed by atoms with Crippen molar-refractivity contribution in [1.29, 1.82) is 0 Å². The fourth-order valence-electron chi connectivity index (χ4n) is 3.81. The number of amides is 1. The molecular formula is C22H28N4OS. The second-order valence-corrected chi connectivity index (χ2v) is 8.48. The Labute approximate surface area is 171 Å². The summed E-state index contributed by atoms with van der Waals surface area (Å²) >= 11 is 1.67. The van der Waals surface area contributed by atoms with Crippen molar-refractivity contribution < 1.29 is 4.79 Å². The van der Waals surface area contributed by atoms with Gasteiger partial charge in [0, 0.05) is 49.3 Å². The molecule has 0 spiro atoms. The Morgan fingerprint density at radius 1 is 1.00 bits per heavy atom. The van der Waals surface area contributed by atoms with E-state index in [0.717, 1.165) is 73.4 Å². The lowest BCUT2D eigenvalue weighted by Gasteiger charge is -2.17. The van der Waals surface area contributed by atoms with Crippen LogP contribution in [0.1, 0.15) is 54.2 Å². The van der Waals surface area contributed by atoms with Crippen LogP contribution in [-0.2, 0) is 12.2 Å². The maximum Gasteiger partial charge on any atom is 0.253 e. The maximum absolute atomic E-state index is 12.5. The van der Waals surface area contributed by atoms with Gasteiger partial charge in [-0.1, -0.05) is 30.8 Å². The molecule has 0 unspecified atom stereocenters. The summed E-state index contributed by atoms with van der Waals surface area (Å²) in [6, 6.07) is 10.2. The second kappa shape index (κ2) is 8.95. The highest BCUT2D eigenvalue weighted by Crippen LogP contribution is 2.25. The van der Waals surface area contributed by atoms with Crippen LogP contribution in [0.15, 0.2) is 35.5 Å². The molecule has 2 aromatic rings. The first-order valence-corrected chi connectivity index (χ1v) is 11.4. The predicted octanol–water partition coefficient (Wildman–Crippen LogP) is 4.17. The Balaban J connectivity index is 1.41. The van der Waals surface area contributed by atoms with Crippen LogP contribution in [0.3, 0.4) is 0 Å². The van der Waals surface area contributed by atoms with Gasteiger partial charge in [-0.25, -0.2) is 9.97 Å². The number of hydrogen-bond acceptors (Lipinski definition) is 5. The Hall–Kier alpha value is -2.08. The summed E-state index contributed by atoms with van der Waals surface area (Å²) in [5.41, 5.74) is 3.08. The number of rotatable bonds is 6. The van der Waals surface area contributed by atoms with E-state index in [1.54, 1.807) is 11.8 Å². The maximum atomic E-state index is 12.5. The summed E-state index contributed by atoms with van der Waals surface area (Å²) < 4.78 is 0. The van der Waals surface area contributed by atoms with Crippen LogP contribution in [-0.4, -0.2) is 47.0 Å². The lowest BCUT2D eigenvalue weighted by Crippen LogP contribution is -2.27. The monoisotopic (exact) mass is 396 g/mol. The van der Waals surface area contributed by atoms with E-state index in [-0.39, 0.29) is 5.91 Å². The van der Waals surface area contributed by atoms with Gasteiger partial charge < -0.3 is 9.80 Å². The van der Waals surface area contributed by atoms with E-state index in [1.807, 2.05) is 17.0 Å². The molecule has 1 amide bonds. The zero-order chi connectivity index (χ0) is 19.3. The predicted molar refractivity (Wildman–Crippen MR) is 114 cm³/mol. The third-order valence-electron chi connectivity index (χ3n) is 5.50. The average molecular weight is 397 g/mol. The van der Waals surface area contributed by atoms with Crippen molar-refractivity contribution in [1.82, 2.24) is 14.9 Å². The molecule has 148 valence electrons. The molecule has 0 saturated carbocycles. The van der Waals surface area contributed by atoms with Crippen molar-refractivity contribution in [2.45, 2.75) is 49.9 Å². The molecule has 0 bridgehead atoms. The minimum absolute atomic E-state index is 0.158. The van der Waals surface area contributed by atoms with Gasteiger partial charge in [0.25, 0.3) is 5.91 Å². The fraction of sp³-hybridized carbons (Fsp3) is 0.500. The molecule has 0 N–H and O–H groups in total. The van der Waals surface area contributed by atoms with Crippen LogP contribution in [0.25, 0.3) is 0 Å². The Morgan fingerprint density at radius 3 is 2.36 bits per heavy atom. The molecule has 4 rings (SSSR count). The Kier molecular flexibility index (Phi) is 6.15. The van der Waals surface area contributed by atoms with Crippen molar-refractivity contribution in [3.63, 3.8) is 0 Å². The summed E-state index contributed by atoms with van der Waals surface area (Å²) in [6.45, 7) is 6.11. The summed E-state index contributed by atoms with van der Waals surface area (Å²) in [7, 11) is 0. The third-order valence-corrected chi connectivity index (χ3v) is 6.42. The lowest BCUT2D eigenvalue weighted by molar-refractivity contribution is 0.0793. The van der Waals surface area contributed by atoms with Gasteiger partial charge in [0.1, 0.15) is 5.82 Å². The minimum Gasteiger partial charge on any atom is -0.356 e. The standard InChI is InChI=1S/C22H28N4OS/c1-2-19-15-20(25-11-3-4-12-25)24-22(23-19)28-16-17-7-9-18(10-8-17)21(27)26-13-5-6-14-26/h7-10,15H,2-6,11-14,16H2,1H3. The summed E-state index contributed by atoms with van der Waals surface area (Å²) in [6.07, 6.45) is 5.66. The molecule has 2 fully saturated rings. The molecular weight excluding hydrogens is 368 g/mol. The molecule has 2 saturated heterocycles. The number of carbonyl (C=O) groups excluding carboxylic acids is 1. The van der Waals surface area contributed by atoms with Crippen LogP contribution >= 0.6 is 11.8 Å². The number of aryl methyl sites for hydroxylation is 1. The van der Waals surface area contributed by atoms with E-state index in [1.165, 1.54) is 18.4 Å². The van der Waals surface area contributed by atoms with E-state index in [4.69, 9.17) is 9.97 Å². The van der Waals surface area contributed by atoms with Crippen LogP contribution in [0.4, 0.5) is 5.82 Å². The molecule has 3 heterocycles. The van der Waals surface area contributed by atoms with Crippen molar-refractivity contribution in [3.8, 4) is 0 Å². The third kappa shape index (κ3) is 4.49. The first-order valence-electron chi connectivity index (χ1n) is 10.4. The number of carbonyl (C=O) groups is 1. The largest absolute Gasteiger partial charge is 0.356 e. The zero-order valence-corrected chi connectivity index (χ0v) is 17.4. The van der Waals surface area contributed by atoms with E-state index >= 15 is 0 Å². The molecule has 0 radical (unpaired) electrons. The molecule has 6 heteroatoms. The van der Waals surface area contributed by atoms with Gasteiger partial charge in [-0.15, -0.1) is 0 Å². The number of aromatic nitrogens is 2.